The zero-order chi connectivity index (χ0) is 28.1. The van der Waals surface area contributed by atoms with E-state index >= 15 is 0 Å². The van der Waals surface area contributed by atoms with Crippen molar-refractivity contribution in [1.29, 1.82) is 0 Å². The second-order valence-electron chi connectivity index (χ2n) is 8.46. The van der Waals surface area contributed by atoms with E-state index in [0.717, 1.165) is 10.0 Å². The van der Waals surface area contributed by atoms with Crippen LogP contribution in [0.4, 0.5) is 5.69 Å². The SMILES string of the molecule is O=C(CN(C(=O)c1ccc(Cl)cc1)N1C(=O)CCCC1=O)c1ccc(OC(=O)c2ccc([N+](=O)[O-])cc2)cc1. The summed E-state index contributed by atoms with van der Waals surface area (Å²) in [4.78, 5) is 74.0. The molecule has 0 unspecified atom stereocenters. The molecule has 4 rings (SSSR count). The first kappa shape index (κ1) is 27.1. The van der Waals surface area contributed by atoms with E-state index in [2.05, 4.69) is 0 Å². The number of halogens is 1. The van der Waals surface area contributed by atoms with Gasteiger partial charge in [0.25, 0.3) is 11.6 Å². The van der Waals surface area contributed by atoms with Crippen LogP contribution in [0.5, 0.6) is 5.75 Å². The van der Waals surface area contributed by atoms with Crippen LogP contribution in [0.15, 0.2) is 72.8 Å². The third-order valence-corrected chi connectivity index (χ3v) is 6.07. The smallest absolute Gasteiger partial charge is 0.343 e. The molecule has 3 aromatic carbocycles. The number of nitro groups is 1. The number of rotatable bonds is 8. The van der Waals surface area contributed by atoms with Crippen LogP contribution in [0.1, 0.15) is 50.3 Å². The Bertz CT molecular complexity index is 1440. The largest absolute Gasteiger partial charge is 0.423 e. The average Bonchev–Trinajstić information content (AvgIpc) is 2.92. The molecule has 0 spiro atoms. The molecule has 39 heavy (non-hydrogen) atoms. The number of imide groups is 1. The maximum atomic E-state index is 13.3. The number of Topliss-reactive ketones (excluding diaryl/α,β-unsaturated/α-hetero) is 1. The fraction of sp³-hybridized carbons (Fsp3) is 0.148. The molecule has 1 fully saturated rings. The number of ketones is 1. The number of hydrazine groups is 1. The number of esters is 1. The number of ether oxygens (including phenoxy) is 1. The summed E-state index contributed by atoms with van der Waals surface area (Å²) < 4.78 is 5.25. The number of hydrogen-bond acceptors (Lipinski definition) is 8. The molecule has 11 nitrogen and oxygen atoms in total. The Kier molecular flexibility index (Phi) is 8.11. The molecule has 3 aromatic rings. The van der Waals surface area contributed by atoms with Crippen molar-refractivity contribution in [2.45, 2.75) is 19.3 Å². The van der Waals surface area contributed by atoms with E-state index in [1.165, 1.54) is 72.8 Å². The highest BCUT2D eigenvalue weighted by atomic mass is 35.5. The topological polar surface area (TPSA) is 144 Å². The number of nitrogens with zero attached hydrogens (tertiary/aromatic N) is 3. The summed E-state index contributed by atoms with van der Waals surface area (Å²) in [6.07, 6.45) is 0.462. The highest BCUT2D eigenvalue weighted by molar-refractivity contribution is 6.30. The monoisotopic (exact) mass is 549 g/mol. The third-order valence-electron chi connectivity index (χ3n) is 5.81. The molecular weight excluding hydrogens is 530 g/mol. The molecule has 0 bridgehead atoms. The molecule has 0 radical (unpaired) electrons. The van der Waals surface area contributed by atoms with Crippen molar-refractivity contribution in [2.75, 3.05) is 6.54 Å². The van der Waals surface area contributed by atoms with E-state index in [4.69, 9.17) is 16.3 Å². The molecule has 1 saturated heterocycles. The van der Waals surface area contributed by atoms with Crippen LogP contribution in [0.25, 0.3) is 0 Å². The van der Waals surface area contributed by atoms with Crippen molar-refractivity contribution >= 4 is 46.8 Å². The summed E-state index contributed by atoms with van der Waals surface area (Å²) >= 11 is 5.90. The first-order valence-corrected chi connectivity index (χ1v) is 12.0. The second-order valence-corrected chi connectivity index (χ2v) is 8.90. The minimum absolute atomic E-state index is 0.0547. The number of nitro benzene ring substituents is 1. The Morgan fingerprint density at radius 2 is 1.38 bits per heavy atom. The number of non-ortho nitro benzene ring substituents is 1. The van der Waals surface area contributed by atoms with Crippen molar-refractivity contribution in [3.8, 4) is 5.75 Å². The normalized spacial score (nSPS) is 13.1. The second kappa shape index (κ2) is 11.7. The maximum Gasteiger partial charge on any atom is 0.343 e. The Morgan fingerprint density at radius 1 is 0.846 bits per heavy atom. The van der Waals surface area contributed by atoms with Gasteiger partial charge in [0.15, 0.2) is 5.78 Å². The van der Waals surface area contributed by atoms with Gasteiger partial charge in [-0.3, -0.25) is 29.3 Å². The van der Waals surface area contributed by atoms with Crippen LogP contribution in [0.3, 0.4) is 0 Å². The Balaban J connectivity index is 1.50. The summed E-state index contributed by atoms with van der Waals surface area (Å²) in [6, 6.07) is 16.1. The summed E-state index contributed by atoms with van der Waals surface area (Å²) in [5, 5.41) is 12.7. The van der Waals surface area contributed by atoms with Gasteiger partial charge in [-0.25, -0.2) is 9.80 Å². The van der Waals surface area contributed by atoms with Gasteiger partial charge in [-0.2, -0.15) is 5.01 Å². The lowest BCUT2D eigenvalue weighted by Gasteiger charge is -2.35. The van der Waals surface area contributed by atoms with E-state index < -0.39 is 40.9 Å². The highest BCUT2D eigenvalue weighted by Gasteiger charge is 2.36. The Labute approximate surface area is 226 Å². The van der Waals surface area contributed by atoms with Crippen LogP contribution in [0, 0.1) is 10.1 Å². The predicted molar refractivity (Wildman–Crippen MR) is 137 cm³/mol. The number of carbonyl (C=O) groups excluding carboxylic acids is 5. The molecule has 0 saturated carbocycles. The first-order valence-electron chi connectivity index (χ1n) is 11.7. The van der Waals surface area contributed by atoms with Gasteiger partial charge in [-0.05, 0) is 67.1 Å². The minimum Gasteiger partial charge on any atom is -0.423 e. The molecule has 0 aromatic heterocycles. The van der Waals surface area contributed by atoms with E-state index in [-0.39, 0.29) is 41.0 Å². The molecule has 0 N–H and O–H groups in total. The third kappa shape index (κ3) is 6.33. The lowest BCUT2D eigenvalue weighted by molar-refractivity contribution is -0.384. The van der Waals surface area contributed by atoms with E-state index in [1.54, 1.807) is 0 Å². The molecular formula is C27H20ClN3O8. The maximum absolute atomic E-state index is 13.3. The zero-order valence-corrected chi connectivity index (χ0v) is 21.0. The van der Waals surface area contributed by atoms with Gasteiger partial charge in [0.1, 0.15) is 12.3 Å². The molecule has 3 amide bonds. The molecule has 1 aliphatic heterocycles. The van der Waals surface area contributed by atoms with Gasteiger partial charge in [0.2, 0.25) is 11.8 Å². The molecule has 0 atom stereocenters. The van der Waals surface area contributed by atoms with Gasteiger partial charge in [-0.15, -0.1) is 0 Å². The lowest BCUT2D eigenvalue weighted by atomic mass is 10.1. The number of carbonyl (C=O) groups is 5. The Morgan fingerprint density at radius 3 is 1.95 bits per heavy atom. The van der Waals surface area contributed by atoms with Gasteiger partial charge in [0, 0.05) is 41.1 Å². The number of amides is 3. The van der Waals surface area contributed by atoms with Gasteiger partial charge in [-0.1, -0.05) is 11.6 Å². The van der Waals surface area contributed by atoms with E-state index in [0.29, 0.717) is 11.4 Å². The Hall–Kier alpha value is -4.90. The first-order chi connectivity index (χ1) is 18.6. The summed E-state index contributed by atoms with van der Waals surface area (Å²) in [5.74, 6) is -3.13. The minimum atomic E-state index is -0.758. The van der Waals surface area contributed by atoms with Crippen LogP contribution in [0.2, 0.25) is 5.02 Å². The number of piperidine rings is 1. The standard InChI is InChI=1S/C27H20ClN3O8/c28-20-10-4-18(5-11-20)26(35)29(30-24(33)2-1-3-25(30)34)16-23(32)17-8-14-22(15-9-17)39-27(36)19-6-12-21(13-7-19)31(37)38/h4-15H,1-3,16H2. The summed E-state index contributed by atoms with van der Waals surface area (Å²) in [6.45, 7) is -0.596. The van der Waals surface area contributed by atoms with Crippen LogP contribution < -0.4 is 4.74 Å². The number of hydrogen-bond donors (Lipinski definition) is 0. The average molecular weight is 550 g/mol. The van der Waals surface area contributed by atoms with Crippen molar-refractivity contribution in [1.82, 2.24) is 10.0 Å². The molecule has 12 heteroatoms. The zero-order valence-electron chi connectivity index (χ0n) is 20.2. The molecule has 1 aliphatic rings. The van der Waals surface area contributed by atoms with E-state index in [1.807, 2.05) is 0 Å². The van der Waals surface area contributed by atoms with Crippen LogP contribution in [-0.4, -0.2) is 51.0 Å². The molecule has 1 heterocycles. The quantitative estimate of drug-likeness (QED) is 0.101. The van der Waals surface area contributed by atoms with Crippen LogP contribution >= 0.6 is 11.6 Å². The van der Waals surface area contributed by atoms with Gasteiger partial charge < -0.3 is 4.74 Å². The van der Waals surface area contributed by atoms with Crippen molar-refractivity contribution in [3.05, 3.63) is 105 Å². The van der Waals surface area contributed by atoms with Crippen LogP contribution in [-0.2, 0) is 9.59 Å². The summed E-state index contributed by atoms with van der Waals surface area (Å²) in [5.41, 5.74) is 0.182. The number of benzene rings is 3. The van der Waals surface area contributed by atoms with Gasteiger partial charge in [0.05, 0.1) is 10.5 Å². The van der Waals surface area contributed by atoms with Crippen molar-refractivity contribution < 1.29 is 33.6 Å². The van der Waals surface area contributed by atoms with Crippen molar-refractivity contribution in [2.24, 2.45) is 0 Å². The van der Waals surface area contributed by atoms with Gasteiger partial charge >= 0.3 is 5.97 Å². The lowest BCUT2D eigenvalue weighted by Crippen LogP contribution is -2.56. The van der Waals surface area contributed by atoms with Crippen molar-refractivity contribution in [3.63, 3.8) is 0 Å². The fourth-order valence-corrected chi connectivity index (χ4v) is 3.93. The summed E-state index contributed by atoms with van der Waals surface area (Å²) in [7, 11) is 0. The van der Waals surface area contributed by atoms with E-state index in [9.17, 15) is 34.1 Å². The molecule has 0 aliphatic carbocycles. The highest BCUT2D eigenvalue weighted by Crippen LogP contribution is 2.21. The molecule has 198 valence electrons. The predicted octanol–water partition coefficient (Wildman–Crippen LogP) is 4.25. The fourth-order valence-electron chi connectivity index (χ4n) is 3.81.